The highest BCUT2D eigenvalue weighted by molar-refractivity contribution is 7.80. The number of benzene rings is 2. The maximum atomic E-state index is 11.6. The number of anilines is 1. The average molecular weight is 516 g/mol. The van der Waals surface area contributed by atoms with Crippen LogP contribution in [0.15, 0.2) is 83.4 Å². The third-order valence-corrected chi connectivity index (χ3v) is 6.39. The fourth-order valence-electron chi connectivity index (χ4n) is 4.42. The van der Waals surface area contributed by atoms with Gasteiger partial charge in [-0.25, -0.2) is 9.59 Å². The summed E-state index contributed by atoms with van der Waals surface area (Å²) in [6.07, 6.45) is 1.70. The number of methoxy groups -OCH3 is 1. The van der Waals surface area contributed by atoms with Crippen LogP contribution in [0.25, 0.3) is 11.3 Å². The van der Waals surface area contributed by atoms with Crippen molar-refractivity contribution < 1.29 is 29.0 Å². The number of nitrogens with one attached hydrogen (secondary N) is 1. The van der Waals surface area contributed by atoms with Gasteiger partial charge >= 0.3 is 11.9 Å². The highest BCUT2D eigenvalue weighted by Gasteiger charge is 2.43. The number of carboxylic acid groups (broad SMARTS) is 2. The number of hydrogen-bond acceptors (Lipinski definition) is 6. The number of thiocarbonyl (C=S) groups is 1. The SMILES string of the molecule is COc1ccccc1N1C(=S)N[C@H](c2ccccn2)[C@@H]1c1ccc(-c2cc(C(=O)O)cc(C(=O)O)c2)o1. The Balaban J connectivity index is 1.63. The predicted molar refractivity (Wildman–Crippen MR) is 139 cm³/mol. The summed E-state index contributed by atoms with van der Waals surface area (Å²) in [7, 11) is 1.58. The molecule has 2 aromatic carbocycles. The van der Waals surface area contributed by atoms with Crippen LogP contribution in [0, 0.1) is 0 Å². The van der Waals surface area contributed by atoms with Crippen molar-refractivity contribution in [2.24, 2.45) is 0 Å². The molecular weight excluding hydrogens is 494 g/mol. The van der Waals surface area contributed by atoms with Crippen molar-refractivity contribution in [3.05, 3.63) is 102 Å². The number of furan rings is 1. The van der Waals surface area contributed by atoms with Gasteiger partial charge in [0, 0.05) is 11.8 Å². The van der Waals surface area contributed by atoms with Crippen LogP contribution in [0.5, 0.6) is 5.75 Å². The Morgan fingerprint density at radius 3 is 2.35 bits per heavy atom. The van der Waals surface area contributed by atoms with Crippen molar-refractivity contribution in [1.82, 2.24) is 10.3 Å². The lowest BCUT2D eigenvalue weighted by molar-refractivity contribution is 0.0696. The van der Waals surface area contributed by atoms with Gasteiger partial charge in [0.05, 0.1) is 35.7 Å². The largest absolute Gasteiger partial charge is 0.495 e. The minimum Gasteiger partial charge on any atom is -0.495 e. The lowest BCUT2D eigenvalue weighted by Gasteiger charge is -2.27. The second-order valence-electron chi connectivity index (χ2n) is 8.28. The zero-order chi connectivity index (χ0) is 26.1. The molecule has 1 aliphatic heterocycles. The van der Waals surface area contributed by atoms with Crippen LogP contribution in [-0.2, 0) is 0 Å². The first-order chi connectivity index (χ1) is 17.9. The second kappa shape index (κ2) is 9.75. The quantitative estimate of drug-likeness (QED) is 0.292. The Hall–Kier alpha value is -4.70. The zero-order valence-electron chi connectivity index (χ0n) is 19.5. The number of pyridine rings is 1. The molecule has 0 radical (unpaired) electrons. The van der Waals surface area contributed by atoms with Crippen LogP contribution in [0.4, 0.5) is 5.69 Å². The number of para-hydroxylation sites is 2. The van der Waals surface area contributed by atoms with Gasteiger partial charge < -0.3 is 29.6 Å². The van der Waals surface area contributed by atoms with Crippen molar-refractivity contribution in [3.8, 4) is 17.1 Å². The van der Waals surface area contributed by atoms with Gasteiger partial charge in [-0.15, -0.1) is 0 Å². The van der Waals surface area contributed by atoms with E-state index < -0.39 is 18.0 Å². The lowest BCUT2D eigenvalue weighted by atomic mass is 10.0. The maximum Gasteiger partial charge on any atom is 0.335 e. The van der Waals surface area contributed by atoms with Gasteiger partial charge in [0.1, 0.15) is 23.3 Å². The summed E-state index contributed by atoms with van der Waals surface area (Å²) in [5, 5.41) is 22.7. The van der Waals surface area contributed by atoms with Gasteiger partial charge in [-0.1, -0.05) is 18.2 Å². The molecule has 0 amide bonds. The minimum atomic E-state index is -1.24. The summed E-state index contributed by atoms with van der Waals surface area (Å²) in [5.74, 6) is -1.02. The summed E-state index contributed by atoms with van der Waals surface area (Å²) in [4.78, 5) is 29.6. The predicted octanol–water partition coefficient (Wildman–Crippen LogP) is 4.92. The first kappa shape index (κ1) is 24.0. The molecule has 2 aromatic heterocycles. The molecule has 5 rings (SSSR count). The fraction of sp³-hybridized carbons (Fsp3) is 0.111. The van der Waals surface area contributed by atoms with Crippen LogP contribution in [0.2, 0.25) is 0 Å². The molecule has 2 atom stereocenters. The van der Waals surface area contributed by atoms with E-state index in [1.165, 1.54) is 12.1 Å². The van der Waals surface area contributed by atoms with Gasteiger partial charge in [-0.2, -0.15) is 0 Å². The first-order valence-corrected chi connectivity index (χ1v) is 11.6. The molecule has 0 bridgehead atoms. The second-order valence-corrected chi connectivity index (χ2v) is 8.67. The molecule has 3 N–H and O–H groups in total. The van der Waals surface area contributed by atoms with Crippen molar-refractivity contribution in [1.29, 1.82) is 0 Å². The van der Waals surface area contributed by atoms with E-state index in [2.05, 4.69) is 10.3 Å². The Morgan fingerprint density at radius 2 is 1.70 bits per heavy atom. The number of hydrogen-bond donors (Lipinski definition) is 3. The van der Waals surface area contributed by atoms with E-state index in [0.717, 1.165) is 17.4 Å². The normalized spacial score (nSPS) is 16.9. The first-order valence-electron chi connectivity index (χ1n) is 11.2. The van der Waals surface area contributed by atoms with E-state index in [9.17, 15) is 19.8 Å². The molecule has 186 valence electrons. The van der Waals surface area contributed by atoms with E-state index in [1.54, 1.807) is 25.4 Å². The summed E-state index contributed by atoms with van der Waals surface area (Å²) in [6, 6.07) is 19.5. The van der Waals surface area contributed by atoms with E-state index in [0.29, 0.717) is 27.9 Å². The molecule has 10 heteroatoms. The summed E-state index contributed by atoms with van der Waals surface area (Å²) < 4.78 is 11.8. The van der Waals surface area contributed by atoms with Crippen LogP contribution in [0.3, 0.4) is 0 Å². The number of aromatic carboxylic acids is 2. The molecule has 1 fully saturated rings. The van der Waals surface area contributed by atoms with Gasteiger partial charge in [0.15, 0.2) is 5.11 Å². The molecule has 0 aliphatic carbocycles. The maximum absolute atomic E-state index is 11.6. The number of nitrogens with zero attached hydrogens (tertiary/aromatic N) is 2. The lowest BCUT2D eigenvalue weighted by Crippen LogP contribution is -2.29. The van der Waals surface area contributed by atoms with Crippen molar-refractivity contribution in [2.75, 3.05) is 12.0 Å². The standard InChI is InChI=1S/C27H21N3O6S/c1-35-21-8-3-2-7-19(21)30-24(23(29-27(30)37)18-6-4-5-11-28-18)22-10-9-20(36-22)15-12-16(25(31)32)14-17(13-15)26(33)34/h2-14,23-24H,1H3,(H,29,37)(H,31,32)(H,33,34)/t23-,24+/m1/s1. The summed E-state index contributed by atoms with van der Waals surface area (Å²) in [6.45, 7) is 0. The van der Waals surface area contributed by atoms with Gasteiger partial charge in [-0.3, -0.25) is 4.98 Å². The van der Waals surface area contributed by atoms with E-state index in [4.69, 9.17) is 21.4 Å². The Kier molecular flexibility index (Phi) is 6.33. The van der Waals surface area contributed by atoms with Gasteiger partial charge in [0.2, 0.25) is 0 Å². The van der Waals surface area contributed by atoms with E-state index in [-0.39, 0.29) is 17.2 Å². The van der Waals surface area contributed by atoms with Crippen LogP contribution in [-0.4, -0.2) is 39.4 Å². The van der Waals surface area contributed by atoms with Crippen LogP contribution < -0.4 is 15.0 Å². The number of carbonyl (C=O) groups is 2. The van der Waals surface area contributed by atoms with E-state index in [1.807, 2.05) is 47.4 Å². The number of aromatic nitrogens is 1. The highest BCUT2D eigenvalue weighted by atomic mass is 32.1. The van der Waals surface area contributed by atoms with Crippen molar-refractivity contribution >= 4 is 35.0 Å². The third-order valence-electron chi connectivity index (χ3n) is 6.07. The molecule has 0 spiro atoms. The Bertz CT molecular complexity index is 1470. The summed E-state index contributed by atoms with van der Waals surface area (Å²) in [5.41, 5.74) is 1.49. The molecular formula is C27H21N3O6S. The Labute approximate surface area is 216 Å². The van der Waals surface area contributed by atoms with Crippen molar-refractivity contribution in [3.63, 3.8) is 0 Å². The molecule has 0 unspecified atom stereocenters. The van der Waals surface area contributed by atoms with Crippen LogP contribution in [0.1, 0.15) is 44.3 Å². The summed E-state index contributed by atoms with van der Waals surface area (Å²) >= 11 is 5.74. The molecule has 1 saturated heterocycles. The van der Waals surface area contributed by atoms with Gasteiger partial charge in [-0.05, 0) is 66.8 Å². The molecule has 0 saturated carbocycles. The molecule has 37 heavy (non-hydrogen) atoms. The van der Waals surface area contributed by atoms with Crippen LogP contribution >= 0.6 is 12.2 Å². The molecule has 3 heterocycles. The zero-order valence-corrected chi connectivity index (χ0v) is 20.3. The minimum absolute atomic E-state index is 0.154. The number of ether oxygens (including phenoxy) is 1. The third kappa shape index (κ3) is 4.50. The van der Waals surface area contributed by atoms with E-state index >= 15 is 0 Å². The smallest absolute Gasteiger partial charge is 0.335 e. The number of rotatable bonds is 7. The number of carboxylic acids is 2. The topological polar surface area (TPSA) is 125 Å². The Morgan fingerprint density at radius 1 is 1.00 bits per heavy atom. The average Bonchev–Trinajstić information content (AvgIpc) is 3.53. The fourth-order valence-corrected chi connectivity index (χ4v) is 4.75. The monoisotopic (exact) mass is 515 g/mol. The molecule has 9 nitrogen and oxygen atoms in total. The van der Waals surface area contributed by atoms with Crippen molar-refractivity contribution in [2.45, 2.75) is 12.1 Å². The van der Waals surface area contributed by atoms with Gasteiger partial charge in [0.25, 0.3) is 0 Å². The molecule has 4 aromatic rings. The molecule has 1 aliphatic rings. The highest BCUT2D eigenvalue weighted by Crippen LogP contribution is 2.45.